The van der Waals surface area contributed by atoms with E-state index in [2.05, 4.69) is 10.3 Å². The van der Waals surface area contributed by atoms with E-state index in [1.165, 1.54) is 0 Å². The van der Waals surface area contributed by atoms with Gasteiger partial charge in [0, 0.05) is 43.6 Å². The summed E-state index contributed by atoms with van der Waals surface area (Å²) in [7, 11) is 1.76. The van der Waals surface area contributed by atoms with Gasteiger partial charge in [-0.2, -0.15) is 0 Å². The summed E-state index contributed by atoms with van der Waals surface area (Å²) >= 11 is 0. The highest BCUT2D eigenvalue weighted by atomic mass is 16.5. The van der Waals surface area contributed by atoms with Crippen LogP contribution in [0.1, 0.15) is 49.2 Å². The summed E-state index contributed by atoms with van der Waals surface area (Å²) in [6.45, 7) is 5.48. The summed E-state index contributed by atoms with van der Waals surface area (Å²) in [4.78, 5) is 41.6. The molecule has 4 rings (SSSR count). The number of allylic oxidation sites excluding steroid dienone is 3. The lowest BCUT2D eigenvalue weighted by molar-refractivity contribution is -0.140. The Balaban J connectivity index is 1.84. The van der Waals surface area contributed by atoms with Gasteiger partial charge in [-0.25, -0.2) is 0 Å². The van der Waals surface area contributed by atoms with E-state index in [1.54, 1.807) is 38.9 Å². The number of carbonyl (C=O) groups is 3. The van der Waals surface area contributed by atoms with Gasteiger partial charge in [0.15, 0.2) is 5.60 Å². The Morgan fingerprint density at radius 1 is 1.33 bits per heavy atom. The van der Waals surface area contributed by atoms with Gasteiger partial charge < -0.3 is 19.9 Å². The van der Waals surface area contributed by atoms with Crippen molar-refractivity contribution in [2.45, 2.75) is 38.7 Å². The van der Waals surface area contributed by atoms with Crippen LogP contribution in [-0.4, -0.2) is 46.7 Å². The molecule has 0 spiro atoms. The van der Waals surface area contributed by atoms with Crippen molar-refractivity contribution in [2.24, 2.45) is 5.92 Å². The van der Waals surface area contributed by atoms with Gasteiger partial charge in [0.05, 0.1) is 5.70 Å². The molecule has 1 aromatic heterocycles. The second kappa shape index (κ2) is 5.84. The van der Waals surface area contributed by atoms with Crippen LogP contribution in [0.3, 0.4) is 0 Å². The van der Waals surface area contributed by atoms with Gasteiger partial charge >= 0.3 is 0 Å². The van der Waals surface area contributed by atoms with Gasteiger partial charge in [0.1, 0.15) is 17.2 Å². The van der Waals surface area contributed by atoms with Crippen LogP contribution in [0.2, 0.25) is 0 Å². The van der Waals surface area contributed by atoms with E-state index in [0.717, 1.165) is 11.1 Å². The molecule has 3 heterocycles. The Hall–Kier alpha value is -2.83. The van der Waals surface area contributed by atoms with Crippen molar-refractivity contribution in [1.29, 1.82) is 0 Å². The number of ketones is 1. The van der Waals surface area contributed by atoms with Crippen molar-refractivity contribution in [3.63, 3.8) is 0 Å². The number of hydrogen-bond acceptors (Lipinski definition) is 4. The number of aromatic nitrogens is 1. The first kappa shape index (κ1) is 17.6. The maximum Gasteiger partial charge on any atom is 0.270 e. The van der Waals surface area contributed by atoms with Crippen LogP contribution in [0, 0.1) is 5.92 Å². The molecular formula is C20H23N3O4. The number of amides is 2. The molecule has 2 aliphatic heterocycles. The quantitative estimate of drug-likeness (QED) is 0.832. The van der Waals surface area contributed by atoms with E-state index in [-0.39, 0.29) is 29.4 Å². The topological polar surface area (TPSA) is 91.5 Å². The minimum Gasteiger partial charge on any atom is -0.476 e. The number of likely N-dealkylation sites (N-methyl/N-ethyl adjacent to an activating group) is 1. The predicted molar refractivity (Wildman–Crippen MR) is 97.7 cm³/mol. The zero-order valence-corrected chi connectivity index (χ0v) is 15.9. The molecule has 0 aromatic carbocycles. The normalized spacial score (nSPS) is 26.7. The summed E-state index contributed by atoms with van der Waals surface area (Å²) in [5.41, 5.74) is 1.94. The van der Waals surface area contributed by atoms with Crippen molar-refractivity contribution >= 4 is 17.6 Å². The standard InChI is InChI=1S/C20H23N3O4/c1-10(24)11-7-13(17-15(8-11)22-19(26)20(2,3)27-17)14-9-23(4)18(25)16-12(14)5-6-21-16/h5-7,11,14,21H,8-9H2,1-4H3,(H,22,26). The lowest BCUT2D eigenvalue weighted by Crippen LogP contribution is -2.50. The van der Waals surface area contributed by atoms with Crippen molar-refractivity contribution in [3.8, 4) is 0 Å². The largest absolute Gasteiger partial charge is 0.476 e. The summed E-state index contributed by atoms with van der Waals surface area (Å²) in [6.07, 6.45) is 4.11. The summed E-state index contributed by atoms with van der Waals surface area (Å²) in [5.74, 6) is -0.0768. The number of H-pyrrole nitrogens is 1. The molecule has 0 saturated carbocycles. The lowest BCUT2D eigenvalue weighted by atomic mass is 9.79. The molecular weight excluding hydrogens is 346 g/mol. The summed E-state index contributed by atoms with van der Waals surface area (Å²) in [6, 6.07) is 1.90. The predicted octanol–water partition coefficient (Wildman–Crippen LogP) is 1.86. The number of rotatable bonds is 2. The molecule has 7 nitrogen and oxygen atoms in total. The smallest absolute Gasteiger partial charge is 0.270 e. The van der Waals surface area contributed by atoms with Gasteiger partial charge in [-0.15, -0.1) is 0 Å². The first-order valence-electron chi connectivity index (χ1n) is 9.08. The Labute approximate surface area is 157 Å². The van der Waals surface area contributed by atoms with E-state index in [4.69, 9.17) is 4.74 Å². The molecule has 0 radical (unpaired) electrons. The van der Waals surface area contributed by atoms with Crippen LogP contribution in [0.15, 0.2) is 35.4 Å². The third-order valence-electron chi connectivity index (χ3n) is 5.58. The van der Waals surface area contributed by atoms with Gasteiger partial charge in [-0.1, -0.05) is 6.08 Å². The minimum atomic E-state index is -1.00. The molecule has 7 heteroatoms. The Morgan fingerprint density at radius 3 is 2.78 bits per heavy atom. The number of fused-ring (bicyclic) bond motifs is 1. The SMILES string of the molecule is CC(=O)C1C=C(C2CN(C)C(=O)c3[nH]ccc32)C2=C(C1)NC(=O)C(C)(C)O2. The van der Waals surface area contributed by atoms with Crippen LogP contribution >= 0.6 is 0 Å². The van der Waals surface area contributed by atoms with Gasteiger partial charge in [-0.05, 0) is 32.4 Å². The lowest BCUT2D eigenvalue weighted by Gasteiger charge is -2.40. The van der Waals surface area contributed by atoms with Gasteiger partial charge in [0.25, 0.3) is 11.8 Å². The van der Waals surface area contributed by atoms with Crippen molar-refractivity contribution in [1.82, 2.24) is 15.2 Å². The maximum absolute atomic E-state index is 12.4. The molecule has 142 valence electrons. The van der Waals surface area contributed by atoms with Crippen LogP contribution in [0.4, 0.5) is 0 Å². The number of hydrogen-bond donors (Lipinski definition) is 2. The first-order valence-corrected chi connectivity index (χ1v) is 9.08. The number of nitrogens with one attached hydrogen (secondary N) is 2. The molecule has 3 aliphatic rings. The van der Waals surface area contributed by atoms with Crippen molar-refractivity contribution in [3.05, 3.63) is 46.6 Å². The zero-order chi connectivity index (χ0) is 19.5. The molecule has 2 unspecified atom stereocenters. The third kappa shape index (κ3) is 2.69. The fourth-order valence-electron chi connectivity index (χ4n) is 3.96. The highest BCUT2D eigenvalue weighted by Crippen LogP contribution is 2.43. The van der Waals surface area contributed by atoms with E-state index < -0.39 is 5.60 Å². The summed E-state index contributed by atoms with van der Waals surface area (Å²) < 4.78 is 6.11. The number of aromatic amines is 1. The van der Waals surface area contributed by atoms with Gasteiger partial charge in [-0.3, -0.25) is 14.4 Å². The molecule has 1 aliphatic carbocycles. The second-order valence-corrected chi connectivity index (χ2v) is 7.96. The van der Waals surface area contributed by atoms with Crippen LogP contribution in [0.5, 0.6) is 0 Å². The molecule has 2 atom stereocenters. The molecule has 0 bridgehead atoms. The number of Topliss-reactive ketones (excluding diaryl/α,β-unsaturated/α-hetero) is 1. The molecule has 0 saturated heterocycles. The van der Waals surface area contributed by atoms with Crippen LogP contribution in [-0.2, 0) is 14.3 Å². The third-order valence-corrected chi connectivity index (χ3v) is 5.58. The Bertz CT molecular complexity index is 921. The molecule has 1 aromatic rings. The minimum absolute atomic E-state index is 0.0349. The fourth-order valence-corrected chi connectivity index (χ4v) is 3.96. The maximum atomic E-state index is 12.4. The molecule has 27 heavy (non-hydrogen) atoms. The highest BCUT2D eigenvalue weighted by molar-refractivity contribution is 5.96. The molecule has 2 N–H and O–H groups in total. The van der Waals surface area contributed by atoms with Crippen LogP contribution in [0.25, 0.3) is 0 Å². The average Bonchev–Trinajstić information content (AvgIpc) is 3.08. The average molecular weight is 369 g/mol. The monoisotopic (exact) mass is 369 g/mol. The van der Waals surface area contributed by atoms with E-state index >= 15 is 0 Å². The van der Waals surface area contributed by atoms with E-state index in [1.807, 2.05) is 12.1 Å². The molecule has 2 amide bonds. The van der Waals surface area contributed by atoms with Crippen molar-refractivity contribution in [2.75, 3.05) is 13.6 Å². The summed E-state index contributed by atoms with van der Waals surface area (Å²) in [5, 5.41) is 2.93. The van der Waals surface area contributed by atoms with Crippen molar-refractivity contribution < 1.29 is 19.1 Å². The number of nitrogens with zero attached hydrogens (tertiary/aromatic N) is 1. The number of ether oxygens (including phenoxy) is 1. The Kier molecular flexibility index (Phi) is 3.80. The second-order valence-electron chi connectivity index (χ2n) is 7.96. The zero-order valence-electron chi connectivity index (χ0n) is 15.9. The number of carbonyl (C=O) groups excluding carboxylic acids is 3. The fraction of sp³-hybridized carbons (Fsp3) is 0.450. The van der Waals surface area contributed by atoms with Gasteiger partial charge in [0.2, 0.25) is 0 Å². The molecule has 0 fully saturated rings. The van der Waals surface area contributed by atoms with Crippen LogP contribution < -0.4 is 5.32 Å². The van der Waals surface area contributed by atoms with E-state index in [9.17, 15) is 14.4 Å². The van der Waals surface area contributed by atoms with E-state index in [0.29, 0.717) is 30.1 Å². The first-order chi connectivity index (χ1) is 12.7. The highest BCUT2D eigenvalue weighted by Gasteiger charge is 2.44. The Morgan fingerprint density at radius 2 is 2.07 bits per heavy atom.